The average Bonchev–Trinajstić information content (AvgIpc) is 3.34. The predicted octanol–water partition coefficient (Wildman–Crippen LogP) is 7.82. The van der Waals surface area contributed by atoms with E-state index >= 15 is 0 Å². The molecule has 0 aliphatic rings. The molecule has 2 aromatic carbocycles. The molecule has 2 aromatic heterocycles. The normalized spacial score (nSPS) is 12.4. The quantitative estimate of drug-likeness (QED) is 0.312. The minimum atomic E-state index is -4.54. The smallest absolute Gasteiger partial charge is 0.384 e. The Morgan fingerprint density at radius 2 is 1.62 bits per heavy atom. The number of hydrogen-bond acceptors (Lipinski definition) is 3. The highest BCUT2D eigenvalue weighted by Crippen LogP contribution is 2.43. The van der Waals surface area contributed by atoms with Crippen molar-refractivity contribution in [3.63, 3.8) is 0 Å². The van der Waals surface area contributed by atoms with Crippen molar-refractivity contribution in [2.24, 2.45) is 0 Å². The number of nitrogens with zero attached hydrogens (tertiary/aromatic N) is 2. The van der Waals surface area contributed by atoms with Crippen LogP contribution in [0, 0.1) is 0 Å². The van der Waals surface area contributed by atoms with Crippen LogP contribution in [0.5, 0.6) is 0 Å². The van der Waals surface area contributed by atoms with E-state index in [4.69, 9.17) is 23.2 Å². The molecule has 0 fully saturated rings. The van der Waals surface area contributed by atoms with Crippen LogP contribution in [-0.2, 0) is 11.8 Å². The number of rotatable bonds is 4. The van der Waals surface area contributed by atoms with Gasteiger partial charge in [0.15, 0.2) is 0 Å². The van der Waals surface area contributed by atoms with Gasteiger partial charge in [0.05, 0.1) is 32.5 Å². The van der Waals surface area contributed by atoms with Crippen LogP contribution in [0.25, 0.3) is 26.7 Å². The molecule has 1 N–H and O–H groups in total. The lowest BCUT2D eigenvalue weighted by atomic mass is 10.1. The van der Waals surface area contributed by atoms with E-state index in [1.165, 1.54) is 23.5 Å². The molecule has 0 aliphatic carbocycles. The van der Waals surface area contributed by atoms with E-state index in [-0.39, 0.29) is 10.6 Å². The molecule has 3 nitrogen and oxygen atoms in total. The molecule has 9 heteroatoms. The molecule has 0 spiro atoms. The number of alkyl halides is 3. The van der Waals surface area contributed by atoms with E-state index in [1.807, 2.05) is 0 Å². The zero-order valence-corrected chi connectivity index (χ0v) is 19.2. The Morgan fingerprint density at radius 1 is 0.938 bits per heavy atom. The van der Waals surface area contributed by atoms with Gasteiger partial charge in [0, 0.05) is 15.5 Å². The van der Waals surface area contributed by atoms with Gasteiger partial charge in [-0.2, -0.15) is 18.3 Å². The highest BCUT2D eigenvalue weighted by molar-refractivity contribution is 7.18. The standard InChI is InChI=1S/C23H17Cl2F3N2OS/c1-22(2,31)21-12-18(30(29-21)17-6-4-3-5-16(17)25)20-10-9-19(32-20)14-8-7-13(24)11-15(14)23(26,27)28/h3-12,31H,1-2H3. The molecule has 2 heterocycles. The van der Waals surface area contributed by atoms with Gasteiger partial charge in [-0.25, -0.2) is 4.68 Å². The van der Waals surface area contributed by atoms with Gasteiger partial charge in [0.2, 0.25) is 0 Å². The van der Waals surface area contributed by atoms with Crippen LogP contribution in [0.1, 0.15) is 25.1 Å². The monoisotopic (exact) mass is 496 g/mol. The number of para-hydroxylation sites is 1. The second kappa shape index (κ2) is 8.23. The number of aromatic nitrogens is 2. The Kier molecular flexibility index (Phi) is 5.88. The highest BCUT2D eigenvalue weighted by Gasteiger charge is 2.34. The van der Waals surface area contributed by atoms with Gasteiger partial charge in [-0.15, -0.1) is 11.3 Å². The lowest BCUT2D eigenvalue weighted by molar-refractivity contribution is -0.137. The molecule has 0 aliphatic heterocycles. The van der Waals surface area contributed by atoms with Gasteiger partial charge in [-0.3, -0.25) is 0 Å². The van der Waals surface area contributed by atoms with Crippen molar-refractivity contribution in [2.45, 2.75) is 25.6 Å². The topological polar surface area (TPSA) is 38.0 Å². The van der Waals surface area contributed by atoms with Crippen LogP contribution >= 0.6 is 34.5 Å². The Bertz CT molecular complexity index is 1290. The average molecular weight is 497 g/mol. The van der Waals surface area contributed by atoms with E-state index in [2.05, 4.69) is 5.10 Å². The lowest BCUT2D eigenvalue weighted by Crippen LogP contribution is -2.16. The molecule has 4 rings (SSSR count). The minimum absolute atomic E-state index is 0.0180. The van der Waals surface area contributed by atoms with Gasteiger partial charge in [0.25, 0.3) is 0 Å². The van der Waals surface area contributed by atoms with Gasteiger partial charge < -0.3 is 5.11 Å². The molecular formula is C23H17Cl2F3N2OS. The molecule has 0 amide bonds. The molecule has 0 bridgehead atoms. The number of thiophene rings is 1. The Labute approximate surface area is 196 Å². The summed E-state index contributed by atoms with van der Waals surface area (Å²) in [5.41, 5.74) is -0.364. The summed E-state index contributed by atoms with van der Waals surface area (Å²) in [6.45, 7) is 3.22. The summed E-state index contributed by atoms with van der Waals surface area (Å²) in [6, 6.07) is 15.9. The maximum absolute atomic E-state index is 13.6. The summed E-state index contributed by atoms with van der Waals surface area (Å²) in [7, 11) is 0. The van der Waals surface area contributed by atoms with Crippen LogP contribution < -0.4 is 0 Å². The molecule has 166 valence electrons. The van der Waals surface area contributed by atoms with Gasteiger partial charge in [0.1, 0.15) is 5.60 Å². The van der Waals surface area contributed by atoms with E-state index in [0.29, 0.717) is 31.9 Å². The number of aliphatic hydroxyl groups is 1. The van der Waals surface area contributed by atoms with E-state index in [1.54, 1.807) is 61.0 Å². The van der Waals surface area contributed by atoms with Gasteiger partial charge in [-0.1, -0.05) is 41.4 Å². The predicted molar refractivity (Wildman–Crippen MR) is 123 cm³/mol. The summed E-state index contributed by atoms with van der Waals surface area (Å²) in [5.74, 6) is 0. The lowest BCUT2D eigenvalue weighted by Gasteiger charge is -2.13. The first-order chi connectivity index (χ1) is 14.9. The maximum Gasteiger partial charge on any atom is 0.417 e. The van der Waals surface area contributed by atoms with E-state index < -0.39 is 17.3 Å². The molecule has 0 unspecified atom stereocenters. The first kappa shape index (κ1) is 22.9. The summed E-state index contributed by atoms with van der Waals surface area (Å²) in [6.07, 6.45) is -4.54. The molecule has 0 radical (unpaired) electrons. The fourth-order valence-corrected chi connectivity index (χ4v) is 4.68. The largest absolute Gasteiger partial charge is 0.417 e. The second-order valence-corrected chi connectivity index (χ2v) is 9.62. The summed E-state index contributed by atoms with van der Waals surface area (Å²) in [4.78, 5) is 1.10. The van der Waals surface area contributed by atoms with Crippen molar-refractivity contribution < 1.29 is 18.3 Å². The van der Waals surface area contributed by atoms with Crippen LogP contribution in [0.3, 0.4) is 0 Å². The highest BCUT2D eigenvalue weighted by atomic mass is 35.5. The summed E-state index contributed by atoms with van der Waals surface area (Å²) < 4.78 is 42.4. The van der Waals surface area contributed by atoms with E-state index in [0.717, 1.165) is 6.07 Å². The Hall–Kier alpha value is -2.32. The second-order valence-electron chi connectivity index (χ2n) is 7.69. The molecule has 0 saturated carbocycles. The molecule has 32 heavy (non-hydrogen) atoms. The van der Waals surface area contributed by atoms with Crippen molar-refractivity contribution in [3.8, 4) is 26.7 Å². The molecule has 4 aromatic rings. The molecule has 0 saturated heterocycles. The van der Waals surface area contributed by atoms with Crippen LogP contribution in [0.15, 0.2) is 60.7 Å². The molecule has 0 atom stereocenters. The van der Waals surface area contributed by atoms with Crippen molar-refractivity contribution in [2.75, 3.05) is 0 Å². The molecular weight excluding hydrogens is 480 g/mol. The van der Waals surface area contributed by atoms with Gasteiger partial charge >= 0.3 is 6.18 Å². The van der Waals surface area contributed by atoms with Crippen LogP contribution in [-0.4, -0.2) is 14.9 Å². The Morgan fingerprint density at radius 3 is 2.28 bits per heavy atom. The van der Waals surface area contributed by atoms with Crippen molar-refractivity contribution in [3.05, 3.63) is 82.0 Å². The summed E-state index contributed by atoms with van der Waals surface area (Å²) in [5, 5.41) is 15.5. The minimum Gasteiger partial charge on any atom is -0.384 e. The first-order valence-corrected chi connectivity index (χ1v) is 11.1. The first-order valence-electron chi connectivity index (χ1n) is 9.50. The van der Waals surface area contributed by atoms with Crippen molar-refractivity contribution in [1.82, 2.24) is 9.78 Å². The number of halogens is 5. The zero-order chi connectivity index (χ0) is 23.3. The SMILES string of the molecule is CC(C)(O)c1cc(-c2ccc(-c3ccc(Cl)cc3C(F)(F)F)s2)n(-c2ccccc2Cl)n1. The third kappa shape index (κ3) is 4.43. The third-order valence-electron chi connectivity index (χ3n) is 4.83. The third-order valence-corrected chi connectivity index (χ3v) is 6.52. The van der Waals surface area contributed by atoms with Crippen molar-refractivity contribution in [1.29, 1.82) is 0 Å². The van der Waals surface area contributed by atoms with Crippen LogP contribution in [0.2, 0.25) is 10.0 Å². The van der Waals surface area contributed by atoms with Crippen LogP contribution in [0.4, 0.5) is 13.2 Å². The maximum atomic E-state index is 13.6. The van der Waals surface area contributed by atoms with E-state index in [9.17, 15) is 18.3 Å². The number of benzene rings is 2. The van der Waals surface area contributed by atoms with Crippen molar-refractivity contribution >= 4 is 34.5 Å². The fourth-order valence-electron chi connectivity index (χ4n) is 3.25. The zero-order valence-electron chi connectivity index (χ0n) is 16.9. The number of hydrogen-bond donors (Lipinski definition) is 1. The summed E-state index contributed by atoms with van der Waals surface area (Å²) >= 11 is 13.4. The fraction of sp³-hybridized carbons (Fsp3) is 0.174. The van der Waals surface area contributed by atoms with Gasteiger partial charge in [-0.05, 0) is 56.3 Å². The Balaban J connectivity index is 1.88.